The van der Waals surface area contributed by atoms with Crippen molar-refractivity contribution in [1.82, 2.24) is 19.5 Å². The fourth-order valence-corrected chi connectivity index (χ4v) is 5.36. The van der Waals surface area contributed by atoms with E-state index >= 15 is 0 Å². The summed E-state index contributed by atoms with van der Waals surface area (Å²) in [4.78, 5) is 12.8. The lowest BCUT2D eigenvalue weighted by Crippen LogP contribution is -2.45. The minimum atomic E-state index is -1.43. The minimum Gasteiger partial charge on any atom is -0.394 e. The molecule has 138 valence electrons. The van der Waals surface area contributed by atoms with Crippen LogP contribution in [0.1, 0.15) is 27.2 Å². The Morgan fingerprint density at radius 2 is 2.12 bits per heavy atom. The lowest BCUT2D eigenvalue weighted by Gasteiger charge is -2.34. The van der Waals surface area contributed by atoms with Crippen molar-refractivity contribution in [2.75, 3.05) is 12.3 Å². The Kier molecular flexibility index (Phi) is 4.61. The van der Waals surface area contributed by atoms with Crippen LogP contribution in [-0.4, -0.2) is 57.8 Å². The van der Waals surface area contributed by atoms with Gasteiger partial charge in [0, 0.05) is 6.42 Å². The van der Waals surface area contributed by atoms with Gasteiger partial charge in [-0.25, -0.2) is 15.0 Å². The number of aromatic nitrogens is 4. The third kappa shape index (κ3) is 3.17. The van der Waals surface area contributed by atoms with Crippen LogP contribution >= 0.6 is 0 Å². The van der Waals surface area contributed by atoms with Crippen LogP contribution < -0.4 is 5.73 Å². The van der Waals surface area contributed by atoms with Gasteiger partial charge in [-0.05, 0) is 20.8 Å². The number of ether oxygens (including phenoxy) is 2. The molecule has 0 unspecified atom stereocenters. The van der Waals surface area contributed by atoms with E-state index in [1.807, 2.05) is 25.3 Å². The summed E-state index contributed by atoms with van der Waals surface area (Å²) in [7, 11) is -1.43. The standard InChI is InChI=1S/C16H27N5O3Si/c1-15(2,3)23-10-6-16(25(4)5,24-11(10)7-22)21-9-20-12-13(17)18-8-19-14(12)21/h8-11,22,25H,6-7H2,1-5H3,(H2,17,18,19)/t10-,11+,16-/m0/s1. The molecule has 9 heteroatoms. The predicted octanol–water partition coefficient (Wildman–Crippen LogP) is 1.05. The van der Waals surface area contributed by atoms with Crippen LogP contribution in [0.15, 0.2) is 12.7 Å². The van der Waals surface area contributed by atoms with Crippen LogP contribution in [0.2, 0.25) is 13.1 Å². The second-order valence-electron chi connectivity index (χ2n) is 7.86. The van der Waals surface area contributed by atoms with Crippen molar-refractivity contribution in [1.29, 1.82) is 0 Å². The number of nitrogens with two attached hydrogens (primary N) is 1. The number of hydrogen-bond donors (Lipinski definition) is 2. The van der Waals surface area contributed by atoms with E-state index in [4.69, 9.17) is 15.2 Å². The molecular formula is C16H27N5O3Si. The summed E-state index contributed by atoms with van der Waals surface area (Å²) < 4.78 is 14.6. The summed E-state index contributed by atoms with van der Waals surface area (Å²) in [6.45, 7) is 10.4. The molecule has 0 saturated carbocycles. The highest BCUT2D eigenvalue weighted by atomic mass is 28.3. The fourth-order valence-electron chi connectivity index (χ4n) is 3.47. The molecule has 3 rings (SSSR count). The molecule has 0 amide bonds. The normalized spacial score (nSPS) is 27.5. The van der Waals surface area contributed by atoms with Crippen LogP contribution in [0.3, 0.4) is 0 Å². The van der Waals surface area contributed by atoms with Gasteiger partial charge in [-0.3, -0.25) is 4.57 Å². The quantitative estimate of drug-likeness (QED) is 0.780. The van der Waals surface area contributed by atoms with Crippen molar-refractivity contribution in [3.05, 3.63) is 12.7 Å². The molecule has 1 fully saturated rings. The maximum atomic E-state index is 9.84. The molecule has 0 spiro atoms. The highest BCUT2D eigenvalue weighted by Crippen LogP contribution is 2.41. The first-order valence-corrected chi connectivity index (χ1v) is 11.5. The lowest BCUT2D eigenvalue weighted by atomic mass is 10.1. The topological polar surface area (TPSA) is 108 Å². The van der Waals surface area contributed by atoms with Gasteiger partial charge in [0.1, 0.15) is 23.3 Å². The Morgan fingerprint density at radius 3 is 2.72 bits per heavy atom. The number of hydrogen-bond acceptors (Lipinski definition) is 7. The van der Waals surface area contributed by atoms with Crippen molar-refractivity contribution >= 4 is 25.8 Å². The van der Waals surface area contributed by atoms with E-state index in [0.29, 0.717) is 23.4 Å². The third-order valence-electron chi connectivity index (χ3n) is 4.62. The average molecular weight is 366 g/mol. The monoisotopic (exact) mass is 365 g/mol. The third-order valence-corrected chi connectivity index (χ3v) is 7.07. The van der Waals surface area contributed by atoms with E-state index in [1.165, 1.54) is 6.33 Å². The summed E-state index contributed by atoms with van der Waals surface area (Å²) in [5.41, 5.74) is 6.84. The van der Waals surface area contributed by atoms with E-state index < -0.39 is 14.1 Å². The maximum absolute atomic E-state index is 9.84. The van der Waals surface area contributed by atoms with Gasteiger partial charge >= 0.3 is 0 Å². The number of fused-ring (bicyclic) bond motifs is 1. The van der Waals surface area contributed by atoms with Crippen molar-refractivity contribution in [2.45, 2.75) is 63.4 Å². The van der Waals surface area contributed by atoms with Gasteiger partial charge in [-0.2, -0.15) is 0 Å². The number of aliphatic hydroxyl groups excluding tert-OH is 1. The van der Waals surface area contributed by atoms with Crippen molar-refractivity contribution in [3.8, 4) is 0 Å². The van der Waals surface area contributed by atoms with Gasteiger partial charge in [-0.15, -0.1) is 0 Å². The van der Waals surface area contributed by atoms with Crippen LogP contribution in [-0.2, 0) is 14.8 Å². The summed E-state index contributed by atoms with van der Waals surface area (Å²) in [6.07, 6.45) is 3.22. The summed E-state index contributed by atoms with van der Waals surface area (Å²) in [5.74, 6) is 0.350. The molecule has 0 radical (unpaired) electrons. The predicted molar refractivity (Wildman–Crippen MR) is 97.8 cm³/mol. The molecule has 3 heterocycles. The molecule has 3 N–H and O–H groups in total. The summed E-state index contributed by atoms with van der Waals surface area (Å²) in [6, 6.07) is 0. The van der Waals surface area contributed by atoms with Crippen molar-refractivity contribution in [2.24, 2.45) is 0 Å². The Bertz CT molecular complexity index is 760. The largest absolute Gasteiger partial charge is 0.394 e. The number of nitrogen functional groups attached to an aromatic ring is 1. The van der Waals surface area contributed by atoms with Gasteiger partial charge in [0.05, 0.1) is 33.4 Å². The fraction of sp³-hybridized carbons (Fsp3) is 0.688. The number of anilines is 1. The zero-order valence-electron chi connectivity index (χ0n) is 15.4. The first-order valence-electron chi connectivity index (χ1n) is 8.58. The Balaban J connectivity index is 2.07. The zero-order valence-corrected chi connectivity index (χ0v) is 16.6. The number of imidazole rings is 1. The first kappa shape index (κ1) is 18.2. The maximum Gasteiger partial charge on any atom is 0.167 e. The van der Waals surface area contributed by atoms with Crippen LogP contribution in [0, 0.1) is 0 Å². The van der Waals surface area contributed by atoms with Crippen molar-refractivity contribution < 1.29 is 14.6 Å². The van der Waals surface area contributed by atoms with Crippen LogP contribution in [0.4, 0.5) is 5.82 Å². The Hall–Kier alpha value is -1.55. The number of rotatable bonds is 4. The van der Waals surface area contributed by atoms with E-state index in [1.54, 1.807) is 6.33 Å². The molecule has 25 heavy (non-hydrogen) atoms. The Morgan fingerprint density at radius 1 is 1.40 bits per heavy atom. The van der Waals surface area contributed by atoms with Crippen LogP contribution in [0.25, 0.3) is 11.2 Å². The molecule has 0 aliphatic carbocycles. The van der Waals surface area contributed by atoms with E-state index in [0.717, 1.165) is 0 Å². The minimum absolute atomic E-state index is 0.0899. The average Bonchev–Trinajstić information content (AvgIpc) is 3.08. The van der Waals surface area contributed by atoms with Crippen LogP contribution in [0.5, 0.6) is 0 Å². The Labute approximate surface area is 149 Å². The number of nitrogens with zero attached hydrogens (tertiary/aromatic N) is 4. The van der Waals surface area contributed by atoms with Gasteiger partial charge < -0.3 is 20.3 Å². The number of aliphatic hydroxyl groups is 1. The molecule has 0 aromatic carbocycles. The zero-order chi connectivity index (χ0) is 18.4. The molecular weight excluding hydrogens is 338 g/mol. The molecule has 1 aliphatic rings. The highest BCUT2D eigenvalue weighted by molar-refractivity contribution is 6.58. The lowest BCUT2D eigenvalue weighted by molar-refractivity contribution is -0.112. The van der Waals surface area contributed by atoms with Crippen molar-refractivity contribution in [3.63, 3.8) is 0 Å². The molecule has 3 atom stereocenters. The highest BCUT2D eigenvalue weighted by Gasteiger charge is 2.52. The van der Waals surface area contributed by atoms with E-state index in [2.05, 4.69) is 28.0 Å². The summed E-state index contributed by atoms with van der Waals surface area (Å²) >= 11 is 0. The SMILES string of the molecule is C[SiH](C)[C@]1(n2cnc3c(N)ncnc32)C[C@H](OC(C)(C)C)[C@@H](CO)O1. The second-order valence-corrected chi connectivity index (χ2v) is 11.1. The van der Waals surface area contributed by atoms with E-state index in [9.17, 15) is 5.11 Å². The summed E-state index contributed by atoms with van der Waals surface area (Å²) in [5, 5.41) is 9.26. The van der Waals surface area contributed by atoms with E-state index in [-0.39, 0.29) is 24.4 Å². The van der Waals surface area contributed by atoms with Gasteiger partial charge in [0.25, 0.3) is 0 Å². The molecule has 1 saturated heterocycles. The van der Waals surface area contributed by atoms with Gasteiger partial charge in [0.15, 0.2) is 11.5 Å². The van der Waals surface area contributed by atoms with Gasteiger partial charge in [-0.1, -0.05) is 13.1 Å². The second kappa shape index (κ2) is 6.31. The molecule has 2 aromatic heterocycles. The molecule has 1 aliphatic heterocycles. The smallest absolute Gasteiger partial charge is 0.167 e. The van der Waals surface area contributed by atoms with Gasteiger partial charge in [0.2, 0.25) is 0 Å². The first-order chi connectivity index (χ1) is 11.7. The molecule has 8 nitrogen and oxygen atoms in total. The molecule has 2 aromatic rings. The molecule has 0 bridgehead atoms.